The van der Waals surface area contributed by atoms with Crippen LogP contribution in [0.4, 0.5) is 23.3 Å². The molecule has 4 aromatic rings. The molecule has 16 heteroatoms. The standard InChI is InChI=1S/C19H28N6O2.C18H26N6O2/c1-14-7-8-25(23-14)19-21-17(20-15-3-5-16(26-2)6-4-15)13-18(22-19)24-9-11-27-12-10-24;1-13-6-7-24(22-13)18-20-16(19-14-2-4-15(25)5-3-14)12-17(21-18)23-8-10-26-11-9-23/h7-8,13,15-16H,3-6,9-12H2,1-2H3,(H,20,21,22);6-7,12,14-15,25H,2-5,8-11H2,1H3,(H,19,20,21). The number of ether oxygens (including phenoxy) is 3. The SMILES string of the molecule is COC1CCC(Nc2cc(N3CCOCC3)nc(-n3ccc(C)n3)n2)CC1.Cc1ccn(-c2nc(NC3CCC(O)CC3)cc(N3CCOCC3)n2)n1. The highest BCUT2D eigenvalue weighted by molar-refractivity contribution is 5.53. The van der Waals surface area contributed by atoms with Gasteiger partial charge in [0.1, 0.15) is 23.3 Å². The molecule has 2 saturated heterocycles. The van der Waals surface area contributed by atoms with Crippen LogP contribution in [0, 0.1) is 13.8 Å². The number of rotatable bonds is 9. The van der Waals surface area contributed by atoms with E-state index in [1.165, 1.54) is 0 Å². The Bertz CT molecular complexity index is 1740. The number of anilines is 4. The minimum Gasteiger partial charge on any atom is -0.393 e. The Morgan fingerprint density at radius 1 is 0.642 bits per heavy atom. The van der Waals surface area contributed by atoms with Gasteiger partial charge in [0, 0.05) is 69.9 Å². The molecule has 0 unspecified atom stereocenters. The van der Waals surface area contributed by atoms with Gasteiger partial charge in [0.05, 0.1) is 50.0 Å². The fraction of sp³-hybridized carbons (Fsp3) is 0.622. The molecule has 0 atom stereocenters. The number of hydrogen-bond donors (Lipinski definition) is 3. The van der Waals surface area contributed by atoms with E-state index in [2.05, 4.69) is 35.6 Å². The molecule has 4 fully saturated rings. The summed E-state index contributed by atoms with van der Waals surface area (Å²) >= 11 is 0. The molecule has 8 rings (SSSR count). The molecule has 2 aliphatic carbocycles. The lowest BCUT2D eigenvalue weighted by molar-refractivity contribution is 0.0681. The minimum atomic E-state index is -0.162. The van der Waals surface area contributed by atoms with Crippen molar-refractivity contribution in [3.63, 3.8) is 0 Å². The molecule has 0 amide bonds. The zero-order valence-corrected chi connectivity index (χ0v) is 31.2. The van der Waals surface area contributed by atoms with Gasteiger partial charge in [-0.2, -0.15) is 30.1 Å². The number of hydrogen-bond acceptors (Lipinski definition) is 14. The number of aryl methyl sites for hydroxylation is 2. The van der Waals surface area contributed by atoms with Crippen molar-refractivity contribution < 1.29 is 19.3 Å². The number of aliphatic hydroxyl groups is 1. The highest BCUT2D eigenvalue weighted by Crippen LogP contribution is 2.27. The van der Waals surface area contributed by atoms with Gasteiger partial charge in [0.15, 0.2) is 0 Å². The average Bonchev–Trinajstić information content (AvgIpc) is 3.85. The van der Waals surface area contributed by atoms with E-state index in [9.17, 15) is 5.11 Å². The third kappa shape index (κ3) is 9.99. The molecule has 3 N–H and O–H groups in total. The lowest BCUT2D eigenvalue weighted by Crippen LogP contribution is -2.37. The third-order valence-corrected chi connectivity index (χ3v) is 10.3. The first kappa shape index (κ1) is 37.0. The third-order valence-electron chi connectivity index (χ3n) is 10.3. The maximum Gasteiger partial charge on any atom is 0.254 e. The topological polar surface area (TPSA) is 166 Å². The van der Waals surface area contributed by atoms with Gasteiger partial charge in [-0.3, -0.25) is 0 Å². The van der Waals surface area contributed by atoms with E-state index >= 15 is 0 Å². The summed E-state index contributed by atoms with van der Waals surface area (Å²) in [5, 5.41) is 25.8. The first-order chi connectivity index (χ1) is 25.9. The van der Waals surface area contributed by atoms with E-state index in [1.54, 1.807) is 16.5 Å². The number of nitrogens with zero attached hydrogens (tertiary/aromatic N) is 10. The van der Waals surface area contributed by atoms with Crippen LogP contribution in [0.1, 0.15) is 62.8 Å². The summed E-state index contributed by atoms with van der Waals surface area (Å²) in [5.41, 5.74) is 1.88. The average molecular weight is 731 g/mol. The predicted molar refractivity (Wildman–Crippen MR) is 202 cm³/mol. The first-order valence-electron chi connectivity index (χ1n) is 19.1. The second-order valence-electron chi connectivity index (χ2n) is 14.3. The van der Waals surface area contributed by atoms with E-state index in [4.69, 9.17) is 29.2 Å². The highest BCUT2D eigenvalue weighted by atomic mass is 16.5. The maximum atomic E-state index is 9.72. The van der Waals surface area contributed by atoms with Crippen molar-refractivity contribution in [2.24, 2.45) is 0 Å². The summed E-state index contributed by atoms with van der Waals surface area (Å²) in [4.78, 5) is 23.4. The predicted octanol–water partition coefficient (Wildman–Crippen LogP) is 3.70. The number of aliphatic hydroxyl groups excluding tert-OH is 1. The van der Waals surface area contributed by atoms with Gasteiger partial charge in [-0.15, -0.1) is 0 Å². The van der Waals surface area contributed by atoms with Gasteiger partial charge in [0.2, 0.25) is 0 Å². The highest BCUT2D eigenvalue weighted by Gasteiger charge is 2.24. The Morgan fingerprint density at radius 2 is 1.08 bits per heavy atom. The van der Waals surface area contributed by atoms with Gasteiger partial charge in [-0.05, 0) is 77.3 Å². The monoisotopic (exact) mass is 730 g/mol. The molecule has 0 spiro atoms. The van der Waals surface area contributed by atoms with Gasteiger partial charge < -0.3 is 39.8 Å². The summed E-state index contributed by atoms with van der Waals surface area (Å²) in [6.07, 6.45) is 11.9. The number of methoxy groups -OCH3 is 1. The van der Waals surface area contributed by atoms with Crippen LogP contribution in [-0.2, 0) is 14.2 Å². The summed E-state index contributed by atoms with van der Waals surface area (Å²) < 4.78 is 19.9. The first-order valence-corrected chi connectivity index (χ1v) is 19.1. The number of morpholine rings is 2. The molecule has 16 nitrogen and oxygen atoms in total. The molecular weight excluding hydrogens is 676 g/mol. The molecular formula is C37H54N12O4. The summed E-state index contributed by atoms with van der Waals surface area (Å²) in [5.74, 6) is 4.65. The Hall–Kier alpha value is -4.38. The van der Waals surface area contributed by atoms with Gasteiger partial charge in [0.25, 0.3) is 11.9 Å². The summed E-state index contributed by atoms with van der Waals surface area (Å²) in [7, 11) is 1.80. The number of aromatic nitrogens is 8. The molecule has 2 aliphatic heterocycles. The normalized spacial score (nSPS) is 23.6. The molecule has 4 aromatic heterocycles. The second kappa shape index (κ2) is 17.6. The van der Waals surface area contributed by atoms with Crippen LogP contribution >= 0.6 is 0 Å². The minimum absolute atomic E-state index is 0.162. The van der Waals surface area contributed by atoms with Crippen molar-refractivity contribution in [3.05, 3.63) is 48.0 Å². The van der Waals surface area contributed by atoms with Crippen molar-refractivity contribution in [1.29, 1.82) is 0 Å². The van der Waals surface area contributed by atoms with Crippen molar-refractivity contribution in [2.75, 3.05) is 80.1 Å². The molecule has 0 radical (unpaired) electrons. The molecule has 2 saturated carbocycles. The van der Waals surface area contributed by atoms with Crippen LogP contribution in [0.2, 0.25) is 0 Å². The number of nitrogens with one attached hydrogen (secondary N) is 2. The van der Waals surface area contributed by atoms with Gasteiger partial charge in [-0.1, -0.05) is 0 Å². The summed E-state index contributed by atoms with van der Waals surface area (Å²) in [6.45, 7) is 10.1. The summed E-state index contributed by atoms with van der Waals surface area (Å²) in [6, 6.07) is 8.71. The van der Waals surface area contributed by atoms with E-state index in [1.807, 2.05) is 50.5 Å². The van der Waals surface area contributed by atoms with Gasteiger partial charge in [-0.25, -0.2) is 9.36 Å². The largest absolute Gasteiger partial charge is 0.393 e. The van der Waals surface area contributed by atoms with E-state index in [0.717, 1.165) is 125 Å². The van der Waals surface area contributed by atoms with Crippen LogP contribution in [0.3, 0.4) is 0 Å². The van der Waals surface area contributed by atoms with Crippen LogP contribution in [0.15, 0.2) is 36.7 Å². The van der Waals surface area contributed by atoms with E-state index in [-0.39, 0.29) is 6.10 Å². The van der Waals surface area contributed by atoms with E-state index < -0.39 is 0 Å². The Morgan fingerprint density at radius 3 is 1.47 bits per heavy atom. The molecule has 0 aromatic carbocycles. The molecule has 53 heavy (non-hydrogen) atoms. The van der Waals surface area contributed by atoms with Crippen molar-refractivity contribution in [3.8, 4) is 11.9 Å². The smallest absolute Gasteiger partial charge is 0.254 e. The van der Waals surface area contributed by atoms with Crippen LogP contribution < -0.4 is 20.4 Å². The second-order valence-corrected chi connectivity index (χ2v) is 14.3. The van der Waals surface area contributed by atoms with Crippen LogP contribution in [-0.4, -0.2) is 129 Å². The van der Waals surface area contributed by atoms with Crippen molar-refractivity contribution in [2.45, 2.75) is 89.5 Å². The quantitative estimate of drug-likeness (QED) is 0.228. The fourth-order valence-corrected chi connectivity index (χ4v) is 7.24. The van der Waals surface area contributed by atoms with Crippen LogP contribution in [0.25, 0.3) is 11.9 Å². The fourth-order valence-electron chi connectivity index (χ4n) is 7.24. The lowest BCUT2D eigenvalue weighted by atomic mass is 9.93. The Labute approximate surface area is 311 Å². The molecule has 0 bridgehead atoms. The Kier molecular flexibility index (Phi) is 12.3. The Balaban J connectivity index is 0.000000164. The van der Waals surface area contributed by atoms with Crippen LogP contribution in [0.5, 0.6) is 0 Å². The zero-order valence-electron chi connectivity index (χ0n) is 31.2. The molecule has 6 heterocycles. The van der Waals surface area contributed by atoms with Crippen molar-refractivity contribution in [1.82, 2.24) is 39.5 Å². The molecule has 286 valence electrons. The van der Waals surface area contributed by atoms with Gasteiger partial charge >= 0.3 is 0 Å². The van der Waals surface area contributed by atoms with Crippen molar-refractivity contribution >= 4 is 23.3 Å². The van der Waals surface area contributed by atoms with E-state index in [0.29, 0.717) is 43.3 Å². The maximum absolute atomic E-state index is 9.72. The zero-order chi connectivity index (χ0) is 36.6. The molecule has 4 aliphatic rings. The lowest BCUT2D eigenvalue weighted by Gasteiger charge is -2.30.